The normalized spacial score (nSPS) is 10.4. The minimum absolute atomic E-state index is 0.213. The summed E-state index contributed by atoms with van der Waals surface area (Å²) in [4.78, 5) is 0. The zero-order valence-corrected chi connectivity index (χ0v) is 10.1. The first kappa shape index (κ1) is 11.1. The quantitative estimate of drug-likeness (QED) is 0.813. The van der Waals surface area contributed by atoms with Crippen molar-refractivity contribution in [2.75, 3.05) is 7.11 Å². The zero-order valence-electron chi connectivity index (χ0n) is 8.52. The van der Waals surface area contributed by atoms with Gasteiger partial charge in [0.1, 0.15) is 0 Å². The Morgan fingerprint density at radius 3 is 2.88 bits per heavy atom. The molecule has 0 aliphatic carbocycles. The second kappa shape index (κ2) is 4.61. The summed E-state index contributed by atoms with van der Waals surface area (Å²) in [6, 6.07) is 4.63. The van der Waals surface area contributed by atoms with E-state index in [4.69, 9.17) is 4.74 Å². The molecule has 1 heterocycles. The average molecular weight is 286 g/mol. The molecule has 0 bridgehead atoms. The van der Waals surface area contributed by atoms with E-state index in [0.29, 0.717) is 11.0 Å². The molecule has 1 aromatic heterocycles. The van der Waals surface area contributed by atoms with Gasteiger partial charge in [0.05, 0.1) is 24.7 Å². The molecular formula is C10H9BrFN3O. The summed E-state index contributed by atoms with van der Waals surface area (Å²) in [6.07, 6.45) is 1.73. The molecule has 0 amide bonds. The van der Waals surface area contributed by atoms with Crippen LogP contribution >= 0.6 is 15.9 Å². The maximum atomic E-state index is 13.4. The molecule has 4 nitrogen and oxygen atoms in total. The minimum atomic E-state index is -0.420. The fourth-order valence-corrected chi connectivity index (χ4v) is 1.54. The van der Waals surface area contributed by atoms with Gasteiger partial charge in [0.25, 0.3) is 0 Å². The number of aromatic nitrogens is 3. The van der Waals surface area contributed by atoms with E-state index >= 15 is 0 Å². The molecule has 1 aromatic carbocycles. The molecule has 0 aliphatic rings. The molecule has 0 aliphatic heterocycles. The van der Waals surface area contributed by atoms with Gasteiger partial charge in [-0.1, -0.05) is 21.1 Å². The van der Waals surface area contributed by atoms with Crippen LogP contribution in [0.1, 0.15) is 5.69 Å². The predicted octanol–water partition coefficient (Wildman–Crippen LogP) is 2.31. The van der Waals surface area contributed by atoms with E-state index in [0.717, 1.165) is 5.69 Å². The maximum Gasteiger partial charge on any atom is 0.167 e. The minimum Gasteiger partial charge on any atom is -0.494 e. The lowest BCUT2D eigenvalue weighted by molar-refractivity contribution is 0.386. The highest BCUT2D eigenvalue weighted by atomic mass is 79.9. The zero-order chi connectivity index (χ0) is 11.5. The number of alkyl halides is 1. The van der Waals surface area contributed by atoms with Gasteiger partial charge in [-0.05, 0) is 12.1 Å². The number of nitrogens with zero attached hydrogens (tertiary/aromatic N) is 3. The lowest BCUT2D eigenvalue weighted by Crippen LogP contribution is -1.97. The third kappa shape index (κ3) is 2.06. The topological polar surface area (TPSA) is 39.9 Å². The van der Waals surface area contributed by atoms with Gasteiger partial charge in [-0.2, -0.15) is 0 Å². The fraction of sp³-hybridized carbons (Fsp3) is 0.200. The van der Waals surface area contributed by atoms with Crippen LogP contribution in [0.3, 0.4) is 0 Å². The van der Waals surface area contributed by atoms with Crippen LogP contribution in [0.25, 0.3) is 5.69 Å². The Balaban J connectivity index is 2.37. The van der Waals surface area contributed by atoms with Crippen molar-refractivity contribution in [1.29, 1.82) is 0 Å². The second-order valence-corrected chi connectivity index (χ2v) is 3.67. The van der Waals surface area contributed by atoms with Crippen LogP contribution in [0, 0.1) is 5.82 Å². The predicted molar refractivity (Wildman–Crippen MR) is 60.5 cm³/mol. The summed E-state index contributed by atoms with van der Waals surface area (Å²) >= 11 is 3.27. The monoisotopic (exact) mass is 285 g/mol. The van der Waals surface area contributed by atoms with E-state index in [9.17, 15) is 4.39 Å². The first-order chi connectivity index (χ1) is 7.74. The molecule has 0 fully saturated rings. The molecule has 0 saturated carbocycles. The number of benzene rings is 1. The third-order valence-corrected chi connectivity index (χ3v) is 2.65. The number of methoxy groups -OCH3 is 1. The van der Waals surface area contributed by atoms with Gasteiger partial charge >= 0.3 is 0 Å². The lowest BCUT2D eigenvalue weighted by atomic mass is 10.3. The molecule has 0 N–H and O–H groups in total. The molecule has 0 spiro atoms. The Kier molecular flexibility index (Phi) is 3.19. The largest absolute Gasteiger partial charge is 0.494 e. The van der Waals surface area contributed by atoms with E-state index in [1.165, 1.54) is 17.9 Å². The molecular weight excluding hydrogens is 277 g/mol. The molecule has 2 rings (SSSR count). The first-order valence-electron chi connectivity index (χ1n) is 4.55. The Morgan fingerprint density at radius 2 is 2.31 bits per heavy atom. The van der Waals surface area contributed by atoms with Gasteiger partial charge in [-0.15, -0.1) is 5.10 Å². The van der Waals surface area contributed by atoms with Crippen molar-refractivity contribution in [3.63, 3.8) is 0 Å². The maximum absolute atomic E-state index is 13.4. The molecule has 0 atom stereocenters. The van der Waals surface area contributed by atoms with E-state index in [-0.39, 0.29) is 5.75 Å². The Bertz CT molecular complexity index is 501. The van der Waals surface area contributed by atoms with Crippen molar-refractivity contribution >= 4 is 15.9 Å². The second-order valence-electron chi connectivity index (χ2n) is 3.11. The number of halogens is 2. The fourth-order valence-electron chi connectivity index (χ4n) is 1.28. The van der Waals surface area contributed by atoms with E-state index in [1.54, 1.807) is 18.3 Å². The summed E-state index contributed by atoms with van der Waals surface area (Å²) in [6.45, 7) is 0. The average Bonchev–Trinajstić information content (AvgIpc) is 2.77. The van der Waals surface area contributed by atoms with E-state index < -0.39 is 5.82 Å². The van der Waals surface area contributed by atoms with Crippen LogP contribution in [0.15, 0.2) is 24.4 Å². The third-order valence-electron chi connectivity index (χ3n) is 2.08. The number of rotatable bonds is 3. The summed E-state index contributed by atoms with van der Waals surface area (Å²) in [5, 5.41) is 8.40. The van der Waals surface area contributed by atoms with Gasteiger partial charge in [0.2, 0.25) is 0 Å². The van der Waals surface area contributed by atoms with Crippen molar-refractivity contribution in [3.05, 3.63) is 35.9 Å². The van der Waals surface area contributed by atoms with Crippen LogP contribution in [-0.2, 0) is 5.33 Å². The van der Waals surface area contributed by atoms with E-state index in [2.05, 4.69) is 26.2 Å². The highest BCUT2D eigenvalue weighted by Crippen LogP contribution is 2.19. The highest BCUT2D eigenvalue weighted by Gasteiger charge is 2.06. The van der Waals surface area contributed by atoms with Crippen molar-refractivity contribution in [1.82, 2.24) is 15.0 Å². The van der Waals surface area contributed by atoms with Crippen LogP contribution in [-0.4, -0.2) is 22.1 Å². The molecule has 6 heteroatoms. The smallest absolute Gasteiger partial charge is 0.167 e. The highest BCUT2D eigenvalue weighted by molar-refractivity contribution is 9.08. The molecule has 0 radical (unpaired) electrons. The molecule has 0 unspecified atom stereocenters. The van der Waals surface area contributed by atoms with Gasteiger partial charge in [-0.25, -0.2) is 9.07 Å². The Labute approximate surface area is 100 Å². The summed E-state index contributed by atoms with van der Waals surface area (Å²) in [5.74, 6) is -0.208. The Morgan fingerprint density at radius 1 is 1.50 bits per heavy atom. The van der Waals surface area contributed by atoms with E-state index in [1.807, 2.05) is 0 Å². The van der Waals surface area contributed by atoms with Gasteiger partial charge < -0.3 is 4.74 Å². The van der Waals surface area contributed by atoms with Crippen molar-refractivity contribution in [2.45, 2.75) is 5.33 Å². The lowest BCUT2D eigenvalue weighted by Gasteiger charge is -2.04. The Hall–Kier alpha value is -1.43. The van der Waals surface area contributed by atoms with Crippen LogP contribution in [0.4, 0.5) is 4.39 Å². The number of ether oxygens (including phenoxy) is 1. The number of hydrogen-bond donors (Lipinski definition) is 0. The van der Waals surface area contributed by atoms with Crippen molar-refractivity contribution in [3.8, 4) is 11.4 Å². The summed E-state index contributed by atoms with van der Waals surface area (Å²) in [5.41, 5.74) is 1.40. The van der Waals surface area contributed by atoms with Crippen molar-refractivity contribution < 1.29 is 9.13 Å². The molecule has 16 heavy (non-hydrogen) atoms. The van der Waals surface area contributed by atoms with Gasteiger partial charge in [-0.3, -0.25) is 0 Å². The first-order valence-corrected chi connectivity index (χ1v) is 5.68. The summed E-state index contributed by atoms with van der Waals surface area (Å²) < 4.78 is 19.8. The summed E-state index contributed by atoms with van der Waals surface area (Å²) in [7, 11) is 1.43. The van der Waals surface area contributed by atoms with Crippen LogP contribution in [0.5, 0.6) is 5.75 Å². The van der Waals surface area contributed by atoms with Crippen LogP contribution < -0.4 is 4.74 Å². The molecule has 0 saturated heterocycles. The van der Waals surface area contributed by atoms with Crippen LogP contribution in [0.2, 0.25) is 0 Å². The SMILES string of the molecule is COc1ccc(-n2cc(CBr)nn2)cc1F. The van der Waals surface area contributed by atoms with Gasteiger partial charge in [0.15, 0.2) is 11.6 Å². The standard InChI is InChI=1S/C10H9BrFN3O/c1-16-10-3-2-8(4-9(10)12)15-6-7(5-11)13-14-15/h2-4,6H,5H2,1H3. The van der Waals surface area contributed by atoms with Gasteiger partial charge in [0, 0.05) is 11.4 Å². The molecule has 84 valence electrons. The number of hydrogen-bond acceptors (Lipinski definition) is 3. The van der Waals surface area contributed by atoms with Crippen molar-refractivity contribution in [2.24, 2.45) is 0 Å². The molecule has 2 aromatic rings.